The third kappa shape index (κ3) is 2.63. The summed E-state index contributed by atoms with van der Waals surface area (Å²) in [5, 5.41) is 1.27. The average molecular weight is 333 g/mol. The van der Waals surface area contributed by atoms with E-state index in [1.807, 2.05) is 13.1 Å². The van der Waals surface area contributed by atoms with Crippen molar-refractivity contribution in [2.75, 3.05) is 13.6 Å². The lowest BCUT2D eigenvalue weighted by molar-refractivity contribution is 0.120. The normalized spacial score (nSPS) is 18.9. The minimum absolute atomic E-state index is 0.141. The number of hydrogen-bond acceptors (Lipinski definition) is 3. The number of furan rings is 1. The van der Waals surface area contributed by atoms with E-state index in [1.54, 1.807) is 18.4 Å². The van der Waals surface area contributed by atoms with E-state index >= 15 is 0 Å². The fourth-order valence-electron chi connectivity index (χ4n) is 2.31. The number of rotatable bonds is 2. The summed E-state index contributed by atoms with van der Waals surface area (Å²) in [4.78, 5) is 2.13. The highest BCUT2D eigenvalue weighted by Gasteiger charge is 2.28. The molecule has 0 saturated carbocycles. The maximum absolute atomic E-state index is 6.15. The summed E-state index contributed by atoms with van der Waals surface area (Å²) >= 11 is 18.1. The molecule has 0 spiro atoms. The Kier molecular flexibility index (Phi) is 3.87. The summed E-state index contributed by atoms with van der Waals surface area (Å²) in [6.45, 7) is 1.53. The summed E-state index contributed by atoms with van der Waals surface area (Å²) in [5.74, 6) is 1.44. The maximum Gasteiger partial charge on any atom is 0.140 e. The van der Waals surface area contributed by atoms with Crippen LogP contribution in [0.25, 0.3) is 0 Å². The molecular formula is C14H12Cl3NO2. The van der Waals surface area contributed by atoms with E-state index in [0.717, 1.165) is 24.4 Å². The zero-order valence-electron chi connectivity index (χ0n) is 10.7. The lowest BCUT2D eigenvalue weighted by atomic mass is 10.1. The molecule has 20 heavy (non-hydrogen) atoms. The number of nitrogens with zero attached hydrogens (tertiary/aromatic N) is 1. The molecule has 1 unspecified atom stereocenters. The van der Waals surface area contributed by atoms with Crippen molar-refractivity contribution in [3.05, 3.63) is 50.9 Å². The molecule has 0 aliphatic carbocycles. The van der Waals surface area contributed by atoms with Gasteiger partial charge in [0, 0.05) is 18.2 Å². The van der Waals surface area contributed by atoms with Gasteiger partial charge in [0.15, 0.2) is 0 Å². The van der Waals surface area contributed by atoms with Crippen molar-refractivity contribution in [2.45, 2.75) is 12.6 Å². The maximum atomic E-state index is 6.15. The van der Waals surface area contributed by atoms with Crippen LogP contribution in [-0.4, -0.2) is 18.5 Å². The largest absolute Gasteiger partial charge is 0.483 e. The van der Waals surface area contributed by atoms with Gasteiger partial charge < -0.3 is 9.15 Å². The quantitative estimate of drug-likeness (QED) is 0.738. The second-order valence-corrected chi connectivity index (χ2v) is 6.02. The van der Waals surface area contributed by atoms with E-state index in [4.69, 9.17) is 44.0 Å². The zero-order chi connectivity index (χ0) is 14.3. The molecule has 0 amide bonds. The minimum Gasteiger partial charge on any atom is -0.483 e. The van der Waals surface area contributed by atoms with Gasteiger partial charge in [0.05, 0.1) is 27.9 Å². The van der Waals surface area contributed by atoms with Crippen molar-refractivity contribution in [2.24, 2.45) is 0 Å². The molecule has 106 valence electrons. The van der Waals surface area contributed by atoms with E-state index in [9.17, 15) is 0 Å². The standard InChI is InChI=1S/C14H12Cl3NO2/c1-18-6-13-8(2-3-19-13)14(7-18)20-12-5-10(16)9(15)4-11(12)17/h2-5,14H,6-7H2,1H3. The molecule has 6 heteroatoms. The number of ether oxygens (including phenoxy) is 1. The Bertz CT molecular complexity index is 641. The van der Waals surface area contributed by atoms with Gasteiger partial charge in [-0.1, -0.05) is 34.8 Å². The van der Waals surface area contributed by atoms with Gasteiger partial charge in [0.25, 0.3) is 0 Å². The van der Waals surface area contributed by atoms with Crippen LogP contribution in [0.5, 0.6) is 5.75 Å². The Labute approximate surface area is 132 Å². The van der Waals surface area contributed by atoms with Crippen LogP contribution in [0.2, 0.25) is 15.1 Å². The first kappa shape index (κ1) is 14.1. The summed E-state index contributed by atoms with van der Waals surface area (Å²) in [6, 6.07) is 5.16. The van der Waals surface area contributed by atoms with E-state index in [1.165, 1.54) is 0 Å². The summed E-state index contributed by atoms with van der Waals surface area (Å²) < 4.78 is 11.5. The highest BCUT2D eigenvalue weighted by Crippen LogP contribution is 2.38. The monoisotopic (exact) mass is 331 g/mol. The first-order valence-electron chi connectivity index (χ1n) is 6.10. The van der Waals surface area contributed by atoms with Crippen LogP contribution in [0.3, 0.4) is 0 Å². The molecule has 0 N–H and O–H groups in total. The van der Waals surface area contributed by atoms with Crippen LogP contribution >= 0.6 is 34.8 Å². The first-order chi connectivity index (χ1) is 9.54. The van der Waals surface area contributed by atoms with Gasteiger partial charge in [-0.15, -0.1) is 0 Å². The Morgan fingerprint density at radius 2 is 1.95 bits per heavy atom. The number of fused-ring (bicyclic) bond motifs is 1. The predicted molar refractivity (Wildman–Crippen MR) is 79.9 cm³/mol. The van der Waals surface area contributed by atoms with Crippen LogP contribution < -0.4 is 4.74 Å². The van der Waals surface area contributed by atoms with Gasteiger partial charge in [-0.3, -0.25) is 4.90 Å². The molecule has 1 aliphatic rings. The van der Waals surface area contributed by atoms with Crippen LogP contribution in [-0.2, 0) is 6.54 Å². The molecule has 1 aliphatic heterocycles. The van der Waals surface area contributed by atoms with Crippen molar-refractivity contribution in [1.82, 2.24) is 4.90 Å². The van der Waals surface area contributed by atoms with E-state index in [0.29, 0.717) is 20.8 Å². The smallest absolute Gasteiger partial charge is 0.140 e. The first-order valence-corrected chi connectivity index (χ1v) is 7.24. The SMILES string of the molecule is CN1Cc2occc2C(Oc2cc(Cl)c(Cl)cc2Cl)C1. The van der Waals surface area contributed by atoms with Crippen molar-refractivity contribution >= 4 is 34.8 Å². The molecule has 1 aromatic heterocycles. The van der Waals surface area contributed by atoms with Crippen molar-refractivity contribution in [1.29, 1.82) is 0 Å². The average Bonchev–Trinajstić information content (AvgIpc) is 2.84. The summed E-state index contributed by atoms with van der Waals surface area (Å²) in [7, 11) is 2.01. The number of halogens is 3. The lowest BCUT2D eigenvalue weighted by Crippen LogP contribution is -2.32. The van der Waals surface area contributed by atoms with Crippen molar-refractivity contribution in [3.8, 4) is 5.75 Å². The van der Waals surface area contributed by atoms with Gasteiger partial charge in [0.2, 0.25) is 0 Å². The lowest BCUT2D eigenvalue weighted by Gasteiger charge is -2.29. The Morgan fingerprint density at radius 3 is 2.75 bits per heavy atom. The van der Waals surface area contributed by atoms with Crippen LogP contribution in [0.15, 0.2) is 28.9 Å². The van der Waals surface area contributed by atoms with Gasteiger partial charge in [-0.2, -0.15) is 0 Å². The number of hydrogen-bond donors (Lipinski definition) is 0. The third-order valence-corrected chi connectivity index (χ3v) is 4.28. The van der Waals surface area contributed by atoms with E-state index in [2.05, 4.69) is 4.90 Å². The predicted octanol–water partition coefficient (Wildman–Crippen LogP) is 4.81. The molecule has 0 saturated heterocycles. The van der Waals surface area contributed by atoms with Gasteiger partial charge in [-0.25, -0.2) is 0 Å². The molecule has 3 nitrogen and oxygen atoms in total. The van der Waals surface area contributed by atoms with Crippen LogP contribution in [0.4, 0.5) is 0 Å². The fourth-order valence-corrected chi connectivity index (χ4v) is 2.89. The second kappa shape index (κ2) is 5.49. The third-order valence-electron chi connectivity index (χ3n) is 3.26. The minimum atomic E-state index is -0.141. The molecule has 3 rings (SSSR count). The van der Waals surface area contributed by atoms with E-state index in [-0.39, 0.29) is 6.10 Å². The molecular weight excluding hydrogens is 321 g/mol. The fraction of sp³-hybridized carbons (Fsp3) is 0.286. The Balaban J connectivity index is 1.91. The van der Waals surface area contributed by atoms with Crippen molar-refractivity contribution in [3.63, 3.8) is 0 Å². The molecule has 2 aromatic rings. The van der Waals surface area contributed by atoms with Gasteiger partial charge >= 0.3 is 0 Å². The number of benzene rings is 1. The second-order valence-electron chi connectivity index (χ2n) is 4.80. The highest BCUT2D eigenvalue weighted by atomic mass is 35.5. The molecule has 0 bridgehead atoms. The zero-order valence-corrected chi connectivity index (χ0v) is 13.0. The molecule has 1 atom stereocenters. The Hall–Kier alpha value is -0.870. The molecule has 1 aromatic carbocycles. The molecule has 2 heterocycles. The van der Waals surface area contributed by atoms with Gasteiger partial charge in [0.1, 0.15) is 17.6 Å². The van der Waals surface area contributed by atoms with Crippen LogP contribution in [0.1, 0.15) is 17.4 Å². The molecule has 0 fully saturated rings. The van der Waals surface area contributed by atoms with Crippen molar-refractivity contribution < 1.29 is 9.15 Å². The van der Waals surface area contributed by atoms with E-state index < -0.39 is 0 Å². The Morgan fingerprint density at radius 1 is 1.20 bits per heavy atom. The van der Waals surface area contributed by atoms with Crippen LogP contribution in [0, 0.1) is 0 Å². The summed E-state index contributed by atoms with van der Waals surface area (Å²) in [6.07, 6.45) is 1.54. The highest BCUT2D eigenvalue weighted by molar-refractivity contribution is 6.43. The topological polar surface area (TPSA) is 25.6 Å². The number of likely N-dealkylation sites (N-methyl/N-ethyl adjacent to an activating group) is 1. The summed E-state index contributed by atoms with van der Waals surface area (Å²) in [5.41, 5.74) is 1.05. The molecule has 0 radical (unpaired) electrons. The van der Waals surface area contributed by atoms with Gasteiger partial charge in [-0.05, 0) is 19.2 Å².